The first kappa shape index (κ1) is 12.7. The van der Waals surface area contributed by atoms with Crippen molar-refractivity contribution in [1.82, 2.24) is 4.83 Å². The van der Waals surface area contributed by atoms with E-state index in [4.69, 9.17) is 0 Å². The van der Waals surface area contributed by atoms with Gasteiger partial charge in [0.05, 0.1) is 4.90 Å². The normalized spacial score (nSPS) is 12.0. The maximum Gasteiger partial charge on any atom is 0.277 e. The zero-order chi connectivity index (χ0) is 12.3. The van der Waals surface area contributed by atoms with Crippen LogP contribution in [0.3, 0.4) is 0 Å². The van der Waals surface area contributed by atoms with Gasteiger partial charge in [-0.15, -0.1) is 0 Å². The molecule has 0 spiro atoms. The van der Waals surface area contributed by atoms with Crippen LogP contribution in [0.5, 0.6) is 0 Å². The standard InChI is InChI=1S/C11H16N2O2S/c1-5-12-13-16(14,15)11-9(3)6-8(2)7-10(11)4/h5-7,13H,1-4H3/b12-5-. The molecule has 0 unspecified atom stereocenters. The molecule has 0 aliphatic carbocycles. The molecule has 5 heteroatoms. The molecule has 0 saturated heterocycles. The van der Waals surface area contributed by atoms with Gasteiger partial charge in [0.2, 0.25) is 0 Å². The van der Waals surface area contributed by atoms with Crippen LogP contribution < -0.4 is 4.83 Å². The van der Waals surface area contributed by atoms with Crippen molar-refractivity contribution in [2.75, 3.05) is 0 Å². The van der Waals surface area contributed by atoms with Gasteiger partial charge >= 0.3 is 0 Å². The largest absolute Gasteiger partial charge is 0.277 e. The highest BCUT2D eigenvalue weighted by atomic mass is 32.2. The van der Waals surface area contributed by atoms with E-state index in [1.165, 1.54) is 6.21 Å². The summed E-state index contributed by atoms with van der Waals surface area (Å²) < 4.78 is 23.8. The molecule has 1 rings (SSSR count). The van der Waals surface area contributed by atoms with E-state index >= 15 is 0 Å². The van der Waals surface area contributed by atoms with Crippen molar-refractivity contribution in [3.05, 3.63) is 28.8 Å². The molecule has 1 N–H and O–H groups in total. The average molecular weight is 240 g/mol. The molecular formula is C11H16N2O2S. The molecule has 1 aromatic carbocycles. The van der Waals surface area contributed by atoms with Crippen LogP contribution in [0.1, 0.15) is 23.6 Å². The predicted octanol–water partition coefficient (Wildman–Crippen LogP) is 1.90. The fourth-order valence-electron chi connectivity index (χ4n) is 1.76. The van der Waals surface area contributed by atoms with Crippen LogP contribution in [0.4, 0.5) is 0 Å². The lowest BCUT2D eigenvalue weighted by Crippen LogP contribution is -2.20. The lowest BCUT2D eigenvalue weighted by Gasteiger charge is -2.11. The fourth-order valence-corrected chi connectivity index (χ4v) is 3.06. The van der Waals surface area contributed by atoms with E-state index in [1.54, 1.807) is 20.8 Å². The van der Waals surface area contributed by atoms with Gasteiger partial charge in [0.1, 0.15) is 0 Å². The Balaban J connectivity index is 3.33. The van der Waals surface area contributed by atoms with Crippen molar-refractivity contribution in [3.63, 3.8) is 0 Å². The zero-order valence-electron chi connectivity index (χ0n) is 9.90. The van der Waals surface area contributed by atoms with E-state index in [0.717, 1.165) is 16.7 Å². The van der Waals surface area contributed by atoms with E-state index in [0.29, 0.717) is 4.90 Å². The Morgan fingerprint density at radius 2 is 1.69 bits per heavy atom. The van der Waals surface area contributed by atoms with Crippen molar-refractivity contribution < 1.29 is 8.42 Å². The molecule has 0 fully saturated rings. The fraction of sp³-hybridized carbons (Fsp3) is 0.364. The van der Waals surface area contributed by atoms with E-state index in [1.807, 2.05) is 19.1 Å². The van der Waals surface area contributed by atoms with Crippen LogP contribution in [0.15, 0.2) is 22.1 Å². The minimum Gasteiger partial charge on any atom is -0.200 e. The van der Waals surface area contributed by atoms with Crippen molar-refractivity contribution in [2.24, 2.45) is 5.10 Å². The average Bonchev–Trinajstić information content (AvgIpc) is 2.12. The molecule has 0 atom stereocenters. The van der Waals surface area contributed by atoms with Crippen LogP contribution in [-0.2, 0) is 10.0 Å². The summed E-state index contributed by atoms with van der Waals surface area (Å²) in [5.41, 5.74) is 2.51. The number of rotatable bonds is 3. The van der Waals surface area contributed by atoms with Gasteiger partial charge in [0, 0.05) is 6.21 Å². The molecule has 0 amide bonds. The third kappa shape index (κ3) is 2.61. The summed E-state index contributed by atoms with van der Waals surface area (Å²) in [5, 5.41) is 3.56. The topological polar surface area (TPSA) is 58.5 Å². The monoisotopic (exact) mass is 240 g/mol. The number of hydrazone groups is 1. The summed E-state index contributed by atoms with van der Waals surface area (Å²) in [7, 11) is -3.55. The smallest absolute Gasteiger partial charge is 0.200 e. The van der Waals surface area contributed by atoms with Crippen molar-refractivity contribution in [1.29, 1.82) is 0 Å². The number of nitrogens with zero attached hydrogens (tertiary/aromatic N) is 1. The second-order valence-corrected chi connectivity index (χ2v) is 5.31. The minimum absolute atomic E-state index is 0.309. The van der Waals surface area contributed by atoms with E-state index in [-0.39, 0.29) is 0 Å². The molecule has 0 bridgehead atoms. The molecule has 4 nitrogen and oxygen atoms in total. The highest BCUT2D eigenvalue weighted by Gasteiger charge is 2.18. The van der Waals surface area contributed by atoms with Gasteiger partial charge in [-0.3, -0.25) is 0 Å². The maximum atomic E-state index is 11.9. The minimum atomic E-state index is -3.55. The summed E-state index contributed by atoms with van der Waals surface area (Å²) in [6.45, 7) is 7.15. The summed E-state index contributed by atoms with van der Waals surface area (Å²) in [6, 6.07) is 3.69. The lowest BCUT2D eigenvalue weighted by molar-refractivity contribution is 0.583. The van der Waals surface area contributed by atoms with E-state index in [2.05, 4.69) is 9.93 Å². The highest BCUT2D eigenvalue weighted by Crippen LogP contribution is 2.21. The van der Waals surface area contributed by atoms with Crippen molar-refractivity contribution in [3.8, 4) is 0 Å². The molecule has 16 heavy (non-hydrogen) atoms. The molecule has 0 aliphatic heterocycles. The predicted molar refractivity (Wildman–Crippen MR) is 65.1 cm³/mol. The first-order chi connectivity index (χ1) is 7.38. The Kier molecular flexibility index (Phi) is 3.70. The Bertz CT molecular complexity index is 496. The summed E-state index contributed by atoms with van der Waals surface area (Å²) in [4.78, 5) is 2.48. The molecule has 0 radical (unpaired) electrons. The van der Waals surface area contributed by atoms with Gasteiger partial charge in [-0.05, 0) is 38.8 Å². The number of benzene rings is 1. The molecular weight excluding hydrogens is 224 g/mol. The summed E-state index contributed by atoms with van der Waals surface area (Å²) in [5.74, 6) is 0. The zero-order valence-corrected chi connectivity index (χ0v) is 10.7. The Hall–Kier alpha value is -1.36. The first-order valence-electron chi connectivity index (χ1n) is 4.96. The molecule has 0 saturated carbocycles. The highest BCUT2D eigenvalue weighted by molar-refractivity contribution is 7.89. The second kappa shape index (κ2) is 4.65. The lowest BCUT2D eigenvalue weighted by atomic mass is 10.1. The third-order valence-corrected chi connectivity index (χ3v) is 3.70. The van der Waals surface area contributed by atoms with Crippen LogP contribution in [0.25, 0.3) is 0 Å². The number of hydrogen-bond acceptors (Lipinski definition) is 3. The molecule has 0 heterocycles. The van der Waals surface area contributed by atoms with Gasteiger partial charge in [-0.2, -0.15) is 13.5 Å². The number of hydrogen-bond donors (Lipinski definition) is 1. The van der Waals surface area contributed by atoms with Gasteiger partial charge in [-0.1, -0.05) is 17.7 Å². The Labute approximate surface area is 96.4 Å². The Morgan fingerprint density at radius 1 is 1.19 bits per heavy atom. The number of nitrogens with one attached hydrogen (secondary N) is 1. The van der Waals surface area contributed by atoms with Crippen LogP contribution in [0, 0.1) is 20.8 Å². The number of sulfonamides is 1. The molecule has 1 aromatic rings. The van der Waals surface area contributed by atoms with E-state index < -0.39 is 10.0 Å². The molecule has 88 valence electrons. The first-order valence-corrected chi connectivity index (χ1v) is 6.44. The summed E-state index contributed by atoms with van der Waals surface area (Å²) in [6.07, 6.45) is 1.40. The van der Waals surface area contributed by atoms with Crippen molar-refractivity contribution in [2.45, 2.75) is 32.6 Å². The SMILES string of the molecule is C/C=N\NS(=O)(=O)c1c(C)cc(C)cc1C. The summed E-state index contributed by atoms with van der Waals surface area (Å²) >= 11 is 0. The van der Waals surface area contributed by atoms with Crippen LogP contribution >= 0.6 is 0 Å². The quantitative estimate of drug-likeness (QED) is 0.648. The Morgan fingerprint density at radius 3 is 2.12 bits per heavy atom. The van der Waals surface area contributed by atoms with Crippen LogP contribution in [0.2, 0.25) is 0 Å². The number of aryl methyl sites for hydroxylation is 3. The van der Waals surface area contributed by atoms with Gasteiger partial charge in [-0.25, -0.2) is 4.83 Å². The van der Waals surface area contributed by atoms with Gasteiger partial charge < -0.3 is 0 Å². The van der Waals surface area contributed by atoms with E-state index in [9.17, 15) is 8.42 Å². The maximum absolute atomic E-state index is 11.9. The molecule has 0 aliphatic rings. The van der Waals surface area contributed by atoms with Crippen molar-refractivity contribution >= 4 is 16.2 Å². The van der Waals surface area contributed by atoms with Gasteiger partial charge in [0.15, 0.2) is 0 Å². The molecule has 0 aromatic heterocycles. The third-order valence-electron chi connectivity index (χ3n) is 2.18. The van der Waals surface area contributed by atoms with Gasteiger partial charge in [0.25, 0.3) is 10.0 Å². The second-order valence-electron chi connectivity index (χ2n) is 3.71. The van der Waals surface area contributed by atoms with Crippen LogP contribution in [-0.4, -0.2) is 14.6 Å².